The molecule has 0 unspecified atom stereocenters. The van der Waals surface area contributed by atoms with E-state index in [-0.39, 0.29) is 36.1 Å². The van der Waals surface area contributed by atoms with Gasteiger partial charge in [-0.1, -0.05) is 17.7 Å². The van der Waals surface area contributed by atoms with Gasteiger partial charge in [-0.15, -0.1) is 24.8 Å². The number of nitrogens with zero attached hydrogens (tertiary/aromatic N) is 1. The summed E-state index contributed by atoms with van der Waals surface area (Å²) in [6, 6.07) is 13.1. The van der Waals surface area contributed by atoms with E-state index in [1.165, 1.54) is 0 Å². The SMILES string of the molecule is CC(C)(C)NCc1ccc(Nc2ccnc3cc(Cl)ccc23)cc1O.Cl.Cl. The first-order valence-corrected chi connectivity index (χ1v) is 8.58. The Hall–Kier alpha value is -1.72. The van der Waals surface area contributed by atoms with E-state index in [1.807, 2.05) is 36.4 Å². The van der Waals surface area contributed by atoms with Crippen molar-refractivity contribution >= 4 is 58.7 Å². The van der Waals surface area contributed by atoms with Gasteiger partial charge in [0.05, 0.1) is 5.52 Å². The second-order valence-electron chi connectivity index (χ2n) is 7.09. The number of rotatable bonds is 4. The predicted molar refractivity (Wildman–Crippen MR) is 119 cm³/mol. The summed E-state index contributed by atoms with van der Waals surface area (Å²) in [6.45, 7) is 6.91. The Kier molecular flexibility index (Phi) is 8.18. The number of aromatic nitrogens is 1. The molecular weight excluding hydrogens is 405 g/mol. The summed E-state index contributed by atoms with van der Waals surface area (Å²) in [6.07, 6.45) is 1.74. The lowest BCUT2D eigenvalue weighted by atomic mass is 10.1. The number of halogens is 3. The highest BCUT2D eigenvalue weighted by Gasteiger charge is 2.11. The number of benzene rings is 2. The van der Waals surface area contributed by atoms with Gasteiger partial charge in [0, 0.05) is 51.7 Å². The summed E-state index contributed by atoms with van der Waals surface area (Å²) in [5, 5.41) is 18.7. The Morgan fingerprint density at radius 2 is 1.78 bits per heavy atom. The molecule has 0 fully saturated rings. The second-order valence-corrected chi connectivity index (χ2v) is 7.53. The molecular formula is C20H24Cl3N3O. The molecule has 0 aliphatic heterocycles. The summed E-state index contributed by atoms with van der Waals surface area (Å²) in [5.41, 5.74) is 3.43. The van der Waals surface area contributed by atoms with Gasteiger partial charge in [-0.2, -0.15) is 0 Å². The molecule has 0 radical (unpaired) electrons. The van der Waals surface area contributed by atoms with Gasteiger partial charge in [0.15, 0.2) is 0 Å². The van der Waals surface area contributed by atoms with Gasteiger partial charge in [0.2, 0.25) is 0 Å². The fourth-order valence-corrected chi connectivity index (χ4v) is 2.70. The highest BCUT2D eigenvalue weighted by molar-refractivity contribution is 6.31. The van der Waals surface area contributed by atoms with E-state index in [1.54, 1.807) is 12.3 Å². The smallest absolute Gasteiger partial charge is 0.122 e. The van der Waals surface area contributed by atoms with Gasteiger partial charge in [0.1, 0.15) is 5.75 Å². The molecule has 0 bridgehead atoms. The monoisotopic (exact) mass is 427 g/mol. The molecule has 7 heteroatoms. The van der Waals surface area contributed by atoms with Crippen LogP contribution in [0.25, 0.3) is 10.9 Å². The minimum absolute atomic E-state index is 0. The van der Waals surface area contributed by atoms with Gasteiger partial charge in [-0.3, -0.25) is 4.98 Å². The summed E-state index contributed by atoms with van der Waals surface area (Å²) < 4.78 is 0. The van der Waals surface area contributed by atoms with E-state index in [0.29, 0.717) is 11.6 Å². The van der Waals surface area contributed by atoms with Gasteiger partial charge in [-0.05, 0) is 51.1 Å². The number of anilines is 2. The standard InChI is InChI=1S/C20H22ClN3O.2ClH/c1-20(2,3)23-12-13-4-6-15(11-19(13)25)24-17-8-9-22-18-10-14(21)5-7-16(17)18;;/h4-11,23,25H,12H2,1-3H3,(H,22,24);2*1H. The molecule has 0 saturated heterocycles. The summed E-state index contributed by atoms with van der Waals surface area (Å²) in [5.74, 6) is 0.267. The molecule has 0 aliphatic carbocycles. The van der Waals surface area contributed by atoms with Crippen LogP contribution in [0, 0.1) is 0 Å². The Labute approximate surface area is 177 Å². The van der Waals surface area contributed by atoms with Crippen LogP contribution in [0.2, 0.25) is 5.02 Å². The van der Waals surface area contributed by atoms with E-state index in [9.17, 15) is 5.11 Å². The Morgan fingerprint density at radius 3 is 2.44 bits per heavy atom. The first-order valence-electron chi connectivity index (χ1n) is 8.20. The summed E-state index contributed by atoms with van der Waals surface area (Å²) in [4.78, 5) is 4.34. The molecule has 0 atom stereocenters. The molecule has 2 aromatic carbocycles. The lowest BCUT2D eigenvalue weighted by Crippen LogP contribution is -2.35. The average Bonchev–Trinajstić information content (AvgIpc) is 2.53. The molecule has 0 amide bonds. The number of phenolic OH excluding ortho intramolecular Hbond substituents is 1. The van der Waals surface area contributed by atoms with Crippen molar-refractivity contribution in [2.24, 2.45) is 0 Å². The van der Waals surface area contributed by atoms with Crippen molar-refractivity contribution < 1.29 is 5.11 Å². The zero-order valence-corrected chi connectivity index (χ0v) is 17.8. The van der Waals surface area contributed by atoms with Crippen molar-refractivity contribution in [2.45, 2.75) is 32.9 Å². The maximum absolute atomic E-state index is 10.3. The van der Waals surface area contributed by atoms with Crippen molar-refractivity contribution in [1.82, 2.24) is 10.3 Å². The van der Waals surface area contributed by atoms with Crippen molar-refractivity contribution in [3.63, 3.8) is 0 Å². The fraction of sp³-hybridized carbons (Fsp3) is 0.250. The maximum atomic E-state index is 10.3. The van der Waals surface area contributed by atoms with Crippen LogP contribution in [0.1, 0.15) is 26.3 Å². The van der Waals surface area contributed by atoms with E-state index >= 15 is 0 Å². The van der Waals surface area contributed by atoms with Crippen LogP contribution in [0.4, 0.5) is 11.4 Å². The lowest BCUT2D eigenvalue weighted by molar-refractivity contribution is 0.412. The molecule has 1 aromatic heterocycles. The number of hydrogen-bond donors (Lipinski definition) is 3. The van der Waals surface area contributed by atoms with Crippen LogP contribution in [0.5, 0.6) is 5.75 Å². The number of fused-ring (bicyclic) bond motifs is 1. The third-order valence-electron chi connectivity index (χ3n) is 3.88. The van der Waals surface area contributed by atoms with E-state index in [2.05, 4.69) is 36.4 Å². The molecule has 0 spiro atoms. The van der Waals surface area contributed by atoms with Gasteiger partial charge < -0.3 is 15.7 Å². The maximum Gasteiger partial charge on any atom is 0.122 e. The van der Waals surface area contributed by atoms with Gasteiger partial charge in [0.25, 0.3) is 0 Å². The van der Waals surface area contributed by atoms with E-state index < -0.39 is 0 Å². The lowest BCUT2D eigenvalue weighted by Gasteiger charge is -2.21. The van der Waals surface area contributed by atoms with E-state index in [0.717, 1.165) is 27.8 Å². The van der Waals surface area contributed by atoms with Crippen LogP contribution < -0.4 is 10.6 Å². The predicted octanol–water partition coefficient (Wildman–Crippen LogP) is 6.07. The quantitative estimate of drug-likeness (QED) is 0.472. The third-order valence-corrected chi connectivity index (χ3v) is 4.11. The number of nitrogens with one attached hydrogen (secondary N) is 2. The van der Waals surface area contributed by atoms with Crippen molar-refractivity contribution in [3.8, 4) is 5.75 Å². The molecule has 3 aromatic rings. The van der Waals surface area contributed by atoms with Crippen LogP contribution in [0.3, 0.4) is 0 Å². The topological polar surface area (TPSA) is 57.2 Å². The summed E-state index contributed by atoms with van der Waals surface area (Å²) in [7, 11) is 0. The van der Waals surface area contributed by atoms with Crippen LogP contribution >= 0.6 is 36.4 Å². The van der Waals surface area contributed by atoms with Gasteiger partial charge >= 0.3 is 0 Å². The molecule has 146 valence electrons. The molecule has 27 heavy (non-hydrogen) atoms. The second kappa shape index (κ2) is 9.47. The Bertz CT molecular complexity index is 911. The van der Waals surface area contributed by atoms with Crippen LogP contribution in [-0.2, 0) is 6.54 Å². The first kappa shape index (κ1) is 23.3. The highest BCUT2D eigenvalue weighted by atomic mass is 35.5. The van der Waals surface area contributed by atoms with E-state index in [4.69, 9.17) is 11.6 Å². The van der Waals surface area contributed by atoms with Crippen molar-refractivity contribution in [3.05, 3.63) is 59.2 Å². The summed E-state index contributed by atoms with van der Waals surface area (Å²) >= 11 is 6.03. The zero-order chi connectivity index (χ0) is 18.0. The largest absolute Gasteiger partial charge is 0.508 e. The molecule has 4 nitrogen and oxygen atoms in total. The number of phenols is 1. The molecule has 3 N–H and O–H groups in total. The fourth-order valence-electron chi connectivity index (χ4n) is 2.54. The van der Waals surface area contributed by atoms with Crippen LogP contribution in [-0.4, -0.2) is 15.6 Å². The first-order chi connectivity index (χ1) is 11.8. The number of aromatic hydroxyl groups is 1. The highest BCUT2D eigenvalue weighted by Crippen LogP contribution is 2.29. The molecule has 0 aliphatic rings. The number of hydrogen-bond acceptors (Lipinski definition) is 4. The Morgan fingerprint density at radius 1 is 1.04 bits per heavy atom. The normalized spacial score (nSPS) is 10.8. The molecule has 3 rings (SSSR count). The third kappa shape index (κ3) is 6.15. The average molecular weight is 429 g/mol. The van der Waals surface area contributed by atoms with Crippen molar-refractivity contribution in [1.29, 1.82) is 0 Å². The minimum atomic E-state index is 0. The Balaban J connectivity index is 0.00000182. The van der Waals surface area contributed by atoms with Crippen LogP contribution in [0.15, 0.2) is 48.7 Å². The molecule has 0 saturated carbocycles. The number of pyridine rings is 1. The zero-order valence-electron chi connectivity index (χ0n) is 15.4. The van der Waals surface area contributed by atoms with Crippen molar-refractivity contribution in [2.75, 3.05) is 5.32 Å². The molecule has 1 heterocycles. The van der Waals surface area contributed by atoms with Gasteiger partial charge in [-0.25, -0.2) is 0 Å². The minimum Gasteiger partial charge on any atom is -0.508 e.